The average Bonchev–Trinajstić information content (AvgIpc) is 3.15. The van der Waals surface area contributed by atoms with Crippen molar-refractivity contribution in [1.29, 1.82) is 0 Å². The second-order valence-electron chi connectivity index (χ2n) is 12.9. The average molecular weight is 679 g/mol. The molecule has 5 heteroatoms. The summed E-state index contributed by atoms with van der Waals surface area (Å²) in [6, 6.07) is 51.2. The summed E-state index contributed by atoms with van der Waals surface area (Å²) in [7, 11) is 0. The Labute approximate surface area is 297 Å². The highest BCUT2D eigenvalue weighted by atomic mass is 32.2. The first-order valence-corrected chi connectivity index (χ1v) is 18.6. The molecule has 0 N–H and O–H groups in total. The molecule has 0 bridgehead atoms. The lowest BCUT2D eigenvalue weighted by atomic mass is 9.90. The van der Waals surface area contributed by atoms with E-state index in [0.29, 0.717) is 0 Å². The minimum Gasteiger partial charge on any atom is -0.455 e. The largest absolute Gasteiger partial charge is 0.455 e. The van der Waals surface area contributed by atoms with Crippen LogP contribution in [-0.2, 0) is 4.74 Å². The Hall–Kier alpha value is -4.42. The highest BCUT2D eigenvalue weighted by Crippen LogP contribution is 2.50. The van der Waals surface area contributed by atoms with Gasteiger partial charge in [-0.1, -0.05) is 134 Å². The Morgan fingerprint density at radius 2 is 0.816 bits per heavy atom. The molecule has 4 atom stereocenters. The van der Waals surface area contributed by atoms with E-state index in [-0.39, 0.29) is 24.0 Å². The standard InChI is InChI=1S/C44H38O3S2/c1-29(33-21-23-37-43(27-33)48-41-19-11-9-17-35(41)45-37)25-39(31-13-5-3-6-14-31)47-40(32-15-7-4-8-16-32)26-30(2)34-22-24-38-44(28-34)49-42-20-12-10-18-36(42)46-38/h3-24,27-30,39-40H,25-26H2,1-2H3. The molecule has 6 aromatic carbocycles. The highest BCUT2D eigenvalue weighted by Gasteiger charge is 2.27. The minimum absolute atomic E-state index is 0.0849. The summed E-state index contributed by atoms with van der Waals surface area (Å²) < 4.78 is 19.7. The predicted molar refractivity (Wildman–Crippen MR) is 200 cm³/mol. The van der Waals surface area contributed by atoms with Gasteiger partial charge in [-0.25, -0.2) is 0 Å². The summed E-state index contributed by atoms with van der Waals surface area (Å²) in [5.74, 6) is 4.22. The molecule has 6 aromatic rings. The molecule has 0 saturated carbocycles. The SMILES string of the molecule is CC(CC(OC(CC(C)c1ccc2c(c1)Sc1ccccc1O2)c1ccccc1)c1ccccc1)c1ccc2c(c1)Sc1ccccc1O2. The van der Waals surface area contributed by atoms with E-state index >= 15 is 0 Å². The minimum atomic E-state index is -0.0849. The monoisotopic (exact) mass is 678 g/mol. The summed E-state index contributed by atoms with van der Waals surface area (Å²) in [5.41, 5.74) is 4.99. The third-order valence-corrected chi connectivity index (χ3v) is 11.7. The number of fused-ring (bicyclic) bond motifs is 4. The fourth-order valence-electron chi connectivity index (χ4n) is 6.69. The van der Waals surface area contributed by atoms with Crippen LogP contribution in [0.1, 0.15) is 73.0 Å². The Morgan fingerprint density at radius 3 is 1.27 bits per heavy atom. The summed E-state index contributed by atoms with van der Waals surface area (Å²) in [4.78, 5) is 4.63. The second kappa shape index (κ2) is 14.2. The van der Waals surface area contributed by atoms with E-state index in [1.165, 1.54) is 22.3 Å². The van der Waals surface area contributed by atoms with E-state index in [1.807, 2.05) is 24.3 Å². The fourth-order valence-corrected chi connectivity index (χ4v) is 8.69. The van der Waals surface area contributed by atoms with Gasteiger partial charge in [0.1, 0.15) is 23.0 Å². The number of benzene rings is 6. The highest BCUT2D eigenvalue weighted by molar-refractivity contribution is 7.99. The van der Waals surface area contributed by atoms with Gasteiger partial charge in [0, 0.05) is 0 Å². The van der Waals surface area contributed by atoms with E-state index < -0.39 is 0 Å². The molecule has 0 spiro atoms. The van der Waals surface area contributed by atoms with Gasteiger partial charge in [-0.05, 0) is 95.5 Å². The van der Waals surface area contributed by atoms with Gasteiger partial charge >= 0.3 is 0 Å². The third-order valence-electron chi connectivity index (χ3n) is 9.46. The molecule has 244 valence electrons. The van der Waals surface area contributed by atoms with Crippen molar-refractivity contribution in [3.8, 4) is 23.0 Å². The normalized spacial score (nSPS) is 15.2. The van der Waals surface area contributed by atoms with Gasteiger partial charge in [0.15, 0.2) is 0 Å². The zero-order valence-electron chi connectivity index (χ0n) is 27.6. The molecule has 0 radical (unpaired) electrons. The molecule has 8 rings (SSSR count). The van der Waals surface area contributed by atoms with Crippen molar-refractivity contribution < 1.29 is 14.2 Å². The zero-order chi connectivity index (χ0) is 33.2. The fraction of sp³-hybridized carbons (Fsp3) is 0.182. The van der Waals surface area contributed by atoms with Crippen molar-refractivity contribution >= 4 is 23.5 Å². The van der Waals surface area contributed by atoms with Crippen LogP contribution in [0.5, 0.6) is 23.0 Å². The first-order chi connectivity index (χ1) is 24.1. The topological polar surface area (TPSA) is 27.7 Å². The number of hydrogen-bond donors (Lipinski definition) is 0. The molecule has 0 aliphatic carbocycles. The Morgan fingerprint density at radius 1 is 0.429 bits per heavy atom. The predicted octanol–water partition coefficient (Wildman–Crippen LogP) is 13.4. The molecular weight excluding hydrogens is 641 g/mol. The maximum absolute atomic E-state index is 7.27. The van der Waals surface area contributed by atoms with Crippen molar-refractivity contribution in [3.05, 3.63) is 168 Å². The maximum atomic E-state index is 7.27. The van der Waals surface area contributed by atoms with Crippen LogP contribution in [0, 0.1) is 0 Å². The molecule has 3 nitrogen and oxygen atoms in total. The summed E-state index contributed by atoms with van der Waals surface area (Å²) in [5, 5.41) is 0. The van der Waals surface area contributed by atoms with E-state index in [1.54, 1.807) is 23.5 Å². The molecular formula is C44H38O3S2. The number of hydrogen-bond acceptors (Lipinski definition) is 5. The lowest BCUT2D eigenvalue weighted by Gasteiger charge is -2.30. The van der Waals surface area contributed by atoms with Gasteiger partial charge in [0.2, 0.25) is 0 Å². The van der Waals surface area contributed by atoms with E-state index in [0.717, 1.165) is 55.4 Å². The van der Waals surface area contributed by atoms with Gasteiger partial charge < -0.3 is 14.2 Å². The van der Waals surface area contributed by atoms with Gasteiger partial charge in [-0.3, -0.25) is 0 Å². The zero-order valence-corrected chi connectivity index (χ0v) is 29.3. The maximum Gasteiger partial charge on any atom is 0.141 e. The summed E-state index contributed by atoms with van der Waals surface area (Å²) in [6.45, 7) is 4.63. The molecule has 0 saturated heterocycles. The van der Waals surface area contributed by atoms with Crippen molar-refractivity contribution in [3.63, 3.8) is 0 Å². The van der Waals surface area contributed by atoms with Crippen LogP contribution in [0.3, 0.4) is 0 Å². The first kappa shape index (κ1) is 31.8. The first-order valence-electron chi connectivity index (χ1n) is 17.0. The van der Waals surface area contributed by atoms with Crippen molar-refractivity contribution in [2.75, 3.05) is 0 Å². The smallest absolute Gasteiger partial charge is 0.141 e. The van der Waals surface area contributed by atoms with Crippen LogP contribution < -0.4 is 9.47 Å². The van der Waals surface area contributed by atoms with Crippen LogP contribution in [0.4, 0.5) is 0 Å². The summed E-state index contributed by atoms with van der Waals surface area (Å²) >= 11 is 3.56. The Balaban J connectivity index is 1.04. The van der Waals surface area contributed by atoms with E-state index in [4.69, 9.17) is 14.2 Å². The second-order valence-corrected chi connectivity index (χ2v) is 15.1. The van der Waals surface area contributed by atoms with Gasteiger partial charge in [0.05, 0.1) is 31.8 Å². The van der Waals surface area contributed by atoms with Gasteiger partial charge in [-0.2, -0.15) is 0 Å². The molecule has 0 fully saturated rings. The van der Waals surface area contributed by atoms with Crippen LogP contribution in [0.2, 0.25) is 0 Å². The molecule has 0 aromatic heterocycles. The van der Waals surface area contributed by atoms with Crippen LogP contribution >= 0.6 is 23.5 Å². The van der Waals surface area contributed by atoms with E-state index in [9.17, 15) is 0 Å². The third kappa shape index (κ3) is 7.02. The number of ether oxygens (including phenoxy) is 3. The molecule has 0 amide bonds. The van der Waals surface area contributed by atoms with Crippen molar-refractivity contribution in [1.82, 2.24) is 0 Å². The Bertz CT molecular complexity index is 1910. The number of para-hydroxylation sites is 2. The van der Waals surface area contributed by atoms with Crippen molar-refractivity contribution in [2.45, 2.75) is 70.3 Å². The van der Waals surface area contributed by atoms with Crippen molar-refractivity contribution in [2.24, 2.45) is 0 Å². The van der Waals surface area contributed by atoms with Crippen LogP contribution in [-0.4, -0.2) is 0 Å². The van der Waals surface area contributed by atoms with Crippen LogP contribution in [0.15, 0.2) is 165 Å². The Kier molecular flexibility index (Phi) is 9.23. The van der Waals surface area contributed by atoms with Gasteiger partial charge in [0.25, 0.3) is 0 Å². The molecule has 2 heterocycles. The summed E-state index contributed by atoms with van der Waals surface area (Å²) in [6.07, 6.45) is 1.54. The van der Waals surface area contributed by atoms with Gasteiger partial charge in [-0.15, -0.1) is 0 Å². The van der Waals surface area contributed by atoms with E-state index in [2.05, 4.69) is 135 Å². The number of rotatable bonds is 10. The lowest BCUT2D eigenvalue weighted by molar-refractivity contribution is -0.0294. The molecule has 49 heavy (non-hydrogen) atoms. The molecule has 2 aliphatic rings. The lowest BCUT2D eigenvalue weighted by Crippen LogP contribution is -2.15. The molecule has 4 unspecified atom stereocenters. The molecule has 2 aliphatic heterocycles. The van der Waals surface area contributed by atoms with Crippen LogP contribution in [0.25, 0.3) is 0 Å². The quantitative estimate of drug-likeness (QED) is 0.144.